The highest BCUT2D eigenvalue weighted by molar-refractivity contribution is 6.52. The Bertz CT molecular complexity index is 641. The molecule has 0 aliphatic carbocycles. The van der Waals surface area contributed by atoms with Gasteiger partial charge in [-0.05, 0) is 41.4 Å². The summed E-state index contributed by atoms with van der Waals surface area (Å²) in [6, 6.07) is 10.5. The van der Waals surface area contributed by atoms with E-state index in [1.54, 1.807) is 0 Å². The number of aromatic nitrogens is 1. The first-order valence-electron chi connectivity index (χ1n) is 8.54. The predicted octanol–water partition coefficient (Wildman–Crippen LogP) is -0.00840. The first-order chi connectivity index (χ1) is 10.5. The Hall–Kier alpha value is -1.44. The van der Waals surface area contributed by atoms with Crippen molar-refractivity contribution in [2.75, 3.05) is 0 Å². The highest BCUT2D eigenvalue weighted by Crippen LogP contribution is 2.32. The van der Waals surface area contributed by atoms with Crippen molar-refractivity contribution < 1.29 is 0 Å². The van der Waals surface area contributed by atoms with Crippen LogP contribution >= 0.6 is 0 Å². The second-order valence-corrected chi connectivity index (χ2v) is 6.38. The molecule has 2 rings (SSSR count). The fourth-order valence-electron chi connectivity index (χ4n) is 3.88. The second-order valence-electron chi connectivity index (χ2n) is 6.38. The zero-order valence-corrected chi connectivity index (χ0v) is 15.0. The average Bonchev–Trinajstić information content (AvgIpc) is 2.56. The summed E-state index contributed by atoms with van der Waals surface area (Å²) >= 11 is 0. The largest absolute Gasteiger partial charge is 0.264 e. The van der Waals surface area contributed by atoms with Crippen LogP contribution in [-0.4, -0.2) is 28.5 Å². The van der Waals surface area contributed by atoms with Crippen molar-refractivity contribution in [2.45, 2.75) is 45.4 Å². The molecule has 0 N–H and O–H groups in total. The third-order valence-corrected chi connectivity index (χ3v) is 5.54. The van der Waals surface area contributed by atoms with Crippen molar-refractivity contribution in [2.24, 2.45) is 0 Å². The molecule has 1 nitrogen and oxygen atoms in total. The molecule has 0 saturated carbocycles. The molecule has 22 heavy (non-hydrogen) atoms. The maximum Gasteiger partial charge on any atom is 0.164 e. The lowest BCUT2D eigenvalue weighted by Gasteiger charge is -2.35. The molecule has 1 heterocycles. The topological polar surface area (TPSA) is 12.9 Å². The number of hydrogen-bond acceptors (Lipinski definition) is 1. The molecule has 4 heteroatoms. The van der Waals surface area contributed by atoms with Crippen molar-refractivity contribution in [3.05, 3.63) is 35.9 Å². The lowest BCUT2D eigenvalue weighted by molar-refractivity contribution is 0.385. The number of hydrogen-bond donors (Lipinski definition) is 0. The van der Waals surface area contributed by atoms with E-state index in [-0.39, 0.29) is 5.41 Å². The second kappa shape index (κ2) is 6.77. The van der Waals surface area contributed by atoms with Crippen LogP contribution in [0.25, 0.3) is 11.3 Å². The lowest BCUT2D eigenvalue weighted by Crippen LogP contribution is -2.46. The monoisotopic (exact) mass is 289 g/mol. The van der Waals surface area contributed by atoms with Gasteiger partial charge in [-0.3, -0.25) is 4.98 Å². The van der Waals surface area contributed by atoms with Gasteiger partial charge in [-0.2, -0.15) is 0 Å². The first-order valence-corrected chi connectivity index (χ1v) is 8.54. The molecular formula is C18H26B3N. The Balaban J connectivity index is 2.69. The van der Waals surface area contributed by atoms with E-state index in [1.807, 2.05) is 0 Å². The molecule has 0 fully saturated rings. The number of benzene rings is 1. The third kappa shape index (κ3) is 2.76. The Morgan fingerprint density at radius 3 is 1.91 bits per heavy atom. The van der Waals surface area contributed by atoms with E-state index in [0.29, 0.717) is 0 Å². The van der Waals surface area contributed by atoms with Crippen LogP contribution in [0.2, 0.25) is 0 Å². The highest BCUT2D eigenvalue weighted by atomic mass is 14.7. The normalized spacial score (nSPS) is 11.6. The minimum Gasteiger partial charge on any atom is -0.264 e. The summed E-state index contributed by atoms with van der Waals surface area (Å²) in [4.78, 5) is 5.01. The summed E-state index contributed by atoms with van der Waals surface area (Å²) in [5.41, 5.74) is 8.05. The highest BCUT2D eigenvalue weighted by Gasteiger charge is 2.30. The predicted molar refractivity (Wildman–Crippen MR) is 107 cm³/mol. The molecule has 0 unspecified atom stereocenters. The van der Waals surface area contributed by atoms with E-state index >= 15 is 0 Å². The molecular weight excluding hydrogens is 263 g/mol. The van der Waals surface area contributed by atoms with Gasteiger partial charge in [0.2, 0.25) is 0 Å². The van der Waals surface area contributed by atoms with Gasteiger partial charge in [0.25, 0.3) is 0 Å². The van der Waals surface area contributed by atoms with Crippen LogP contribution in [0.4, 0.5) is 0 Å². The minimum atomic E-state index is 0.265. The summed E-state index contributed by atoms with van der Waals surface area (Å²) in [7, 11) is 6.69. The summed E-state index contributed by atoms with van der Waals surface area (Å²) in [5, 5.41) is 0. The maximum atomic E-state index is 5.01. The number of rotatable bonds is 5. The minimum absolute atomic E-state index is 0.265. The smallest absolute Gasteiger partial charge is 0.164 e. The fraction of sp³-hybridized carbons (Fsp3) is 0.389. The molecule has 0 bridgehead atoms. The standard InChI is InChI=1S/C18H26B3N/c1-4-18(5-2,6-3)13-14(19)15(20)16(22-17(13)21)12-10-8-7-9-11-12/h7-11H,4-6,19-21H2,1-3H3. The SMILES string of the molecule is Bc1nc(-c2ccccc2)c(B)c(B)c1C(CC)(CC)CC. The molecule has 1 aromatic heterocycles. The van der Waals surface area contributed by atoms with Gasteiger partial charge >= 0.3 is 0 Å². The summed E-state index contributed by atoms with van der Waals surface area (Å²) in [6.45, 7) is 6.94. The van der Waals surface area contributed by atoms with Crippen molar-refractivity contribution in [1.29, 1.82) is 0 Å². The quantitative estimate of drug-likeness (QED) is 0.706. The molecule has 0 spiro atoms. The van der Waals surface area contributed by atoms with Crippen LogP contribution in [0.5, 0.6) is 0 Å². The van der Waals surface area contributed by atoms with E-state index in [0.717, 1.165) is 5.69 Å². The molecule has 0 aliphatic heterocycles. The third-order valence-electron chi connectivity index (χ3n) is 5.54. The van der Waals surface area contributed by atoms with Gasteiger partial charge in [0.05, 0.1) is 5.69 Å². The summed E-state index contributed by atoms with van der Waals surface area (Å²) in [6.07, 6.45) is 3.52. The average molecular weight is 289 g/mol. The van der Waals surface area contributed by atoms with E-state index in [2.05, 4.69) is 74.6 Å². The van der Waals surface area contributed by atoms with E-state index in [9.17, 15) is 0 Å². The molecule has 0 amide bonds. The van der Waals surface area contributed by atoms with Crippen LogP contribution in [0.1, 0.15) is 45.6 Å². The molecule has 0 atom stereocenters. The zero-order chi connectivity index (χ0) is 16.3. The molecule has 0 radical (unpaired) electrons. The molecule has 2 aromatic rings. The van der Waals surface area contributed by atoms with Crippen molar-refractivity contribution in [1.82, 2.24) is 4.98 Å². The fourth-order valence-corrected chi connectivity index (χ4v) is 3.88. The van der Waals surface area contributed by atoms with Crippen molar-refractivity contribution >= 4 is 40.1 Å². The Morgan fingerprint density at radius 2 is 1.41 bits per heavy atom. The summed E-state index contributed by atoms with van der Waals surface area (Å²) in [5.74, 6) is 0. The molecule has 0 saturated heterocycles. The zero-order valence-electron chi connectivity index (χ0n) is 15.0. The van der Waals surface area contributed by atoms with Crippen LogP contribution in [0, 0.1) is 0 Å². The van der Waals surface area contributed by atoms with Crippen molar-refractivity contribution in [3.8, 4) is 11.3 Å². The number of nitrogens with zero attached hydrogens (tertiary/aromatic N) is 1. The van der Waals surface area contributed by atoms with Gasteiger partial charge in [0.1, 0.15) is 15.7 Å². The van der Waals surface area contributed by atoms with Gasteiger partial charge in [-0.15, -0.1) is 0 Å². The Kier molecular flexibility index (Phi) is 5.21. The van der Waals surface area contributed by atoms with Gasteiger partial charge in [-0.25, -0.2) is 0 Å². The van der Waals surface area contributed by atoms with Gasteiger partial charge in [0, 0.05) is 0 Å². The van der Waals surface area contributed by atoms with Crippen LogP contribution in [0.15, 0.2) is 30.3 Å². The summed E-state index contributed by atoms with van der Waals surface area (Å²) < 4.78 is 0. The first kappa shape index (κ1) is 16.9. The van der Waals surface area contributed by atoms with Gasteiger partial charge < -0.3 is 0 Å². The van der Waals surface area contributed by atoms with Crippen molar-refractivity contribution in [3.63, 3.8) is 0 Å². The maximum absolute atomic E-state index is 5.01. The lowest BCUT2D eigenvalue weighted by atomic mass is 9.62. The van der Waals surface area contributed by atoms with E-state index < -0.39 is 0 Å². The van der Waals surface area contributed by atoms with Gasteiger partial charge in [0.15, 0.2) is 7.85 Å². The van der Waals surface area contributed by atoms with Gasteiger partial charge in [-0.1, -0.05) is 62.0 Å². The Morgan fingerprint density at radius 1 is 0.864 bits per heavy atom. The van der Waals surface area contributed by atoms with Crippen LogP contribution in [0.3, 0.4) is 0 Å². The Labute approximate surface area is 138 Å². The van der Waals surface area contributed by atoms with E-state index in [4.69, 9.17) is 4.98 Å². The number of pyridine rings is 1. The van der Waals surface area contributed by atoms with E-state index in [1.165, 1.54) is 46.9 Å². The van der Waals surface area contributed by atoms with Crippen LogP contribution in [-0.2, 0) is 5.41 Å². The van der Waals surface area contributed by atoms with Crippen LogP contribution < -0.4 is 16.5 Å². The molecule has 0 aliphatic rings. The molecule has 1 aromatic carbocycles. The molecule has 112 valence electrons.